The van der Waals surface area contributed by atoms with Crippen molar-refractivity contribution in [2.45, 2.75) is 6.04 Å². The Morgan fingerprint density at radius 3 is 2.10 bits per heavy atom. The first-order chi connectivity index (χ1) is 9.75. The zero-order valence-corrected chi connectivity index (χ0v) is 12.7. The van der Waals surface area contributed by atoms with Gasteiger partial charge in [0.15, 0.2) is 0 Å². The van der Waals surface area contributed by atoms with E-state index in [1.807, 2.05) is 35.0 Å². The minimum atomic E-state index is -0.337. The summed E-state index contributed by atoms with van der Waals surface area (Å²) in [6, 6.07) is 12.7. The lowest BCUT2D eigenvalue weighted by molar-refractivity contribution is 0.629. The van der Waals surface area contributed by atoms with Crippen LogP contribution in [0.5, 0.6) is 0 Å². The number of nitrogens with one attached hydrogen (secondary N) is 1. The Morgan fingerprint density at radius 2 is 1.60 bits per heavy atom. The van der Waals surface area contributed by atoms with Gasteiger partial charge in [-0.15, -0.1) is 22.7 Å². The second kappa shape index (κ2) is 5.95. The Balaban J connectivity index is 1.99. The maximum Gasteiger partial charge on any atom is 0.147 e. The molecule has 0 radical (unpaired) electrons. The van der Waals surface area contributed by atoms with Gasteiger partial charge >= 0.3 is 0 Å². The van der Waals surface area contributed by atoms with Gasteiger partial charge in [-0.25, -0.2) is 4.39 Å². The first kappa shape index (κ1) is 13.6. The van der Waals surface area contributed by atoms with Gasteiger partial charge in [0.05, 0.1) is 16.8 Å². The molecule has 1 N–H and O–H groups in total. The Morgan fingerprint density at radius 1 is 0.950 bits per heavy atom. The number of hydrogen-bond donors (Lipinski definition) is 1. The molecular weight excluding hydrogens is 313 g/mol. The van der Waals surface area contributed by atoms with Crippen molar-refractivity contribution in [3.8, 4) is 0 Å². The lowest BCUT2D eigenvalue weighted by Crippen LogP contribution is -2.11. The molecule has 5 heteroatoms. The molecule has 102 valence electrons. The largest absolute Gasteiger partial charge is 0.369 e. The predicted octanol–water partition coefficient (Wildman–Crippen LogP) is 5.80. The summed E-state index contributed by atoms with van der Waals surface area (Å²) < 4.78 is 14.0. The molecule has 0 unspecified atom stereocenters. The van der Waals surface area contributed by atoms with Crippen molar-refractivity contribution in [1.82, 2.24) is 0 Å². The minimum Gasteiger partial charge on any atom is -0.369 e. The molecular formula is C15H11ClFNS2. The van der Waals surface area contributed by atoms with Crippen molar-refractivity contribution < 1.29 is 4.39 Å². The number of rotatable bonds is 4. The maximum atomic E-state index is 14.0. The number of benzene rings is 1. The van der Waals surface area contributed by atoms with Gasteiger partial charge in [0.2, 0.25) is 0 Å². The summed E-state index contributed by atoms with van der Waals surface area (Å²) in [7, 11) is 0. The van der Waals surface area contributed by atoms with Gasteiger partial charge in [-0.2, -0.15) is 0 Å². The third-order valence-corrected chi connectivity index (χ3v) is 5.10. The molecule has 20 heavy (non-hydrogen) atoms. The molecule has 0 saturated heterocycles. The van der Waals surface area contributed by atoms with E-state index in [0.717, 1.165) is 9.75 Å². The van der Waals surface area contributed by atoms with Crippen LogP contribution in [0.25, 0.3) is 0 Å². The van der Waals surface area contributed by atoms with Gasteiger partial charge in [0.25, 0.3) is 0 Å². The van der Waals surface area contributed by atoms with Crippen LogP contribution in [-0.2, 0) is 0 Å². The Bertz CT molecular complexity index is 625. The number of hydrogen-bond acceptors (Lipinski definition) is 3. The van der Waals surface area contributed by atoms with Crippen LogP contribution in [0.4, 0.5) is 10.1 Å². The second-order valence-electron chi connectivity index (χ2n) is 4.20. The van der Waals surface area contributed by atoms with Crippen molar-refractivity contribution in [2.24, 2.45) is 0 Å². The van der Waals surface area contributed by atoms with E-state index in [1.54, 1.807) is 34.8 Å². The summed E-state index contributed by atoms with van der Waals surface area (Å²) in [5.41, 5.74) is 0.348. The normalized spacial score (nSPS) is 10.9. The highest BCUT2D eigenvalue weighted by atomic mass is 35.5. The lowest BCUT2D eigenvalue weighted by atomic mass is 10.2. The minimum absolute atomic E-state index is 0.0793. The van der Waals surface area contributed by atoms with Gasteiger partial charge in [0.1, 0.15) is 5.82 Å². The highest BCUT2D eigenvalue weighted by Gasteiger charge is 2.19. The maximum absolute atomic E-state index is 14.0. The highest BCUT2D eigenvalue weighted by molar-refractivity contribution is 7.11. The molecule has 3 aromatic rings. The fourth-order valence-corrected chi connectivity index (χ4v) is 3.85. The van der Waals surface area contributed by atoms with Crippen molar-refractivity contribution >= 4 is 40.0 Å². The number of thiophene rings is 2. The van der Waals surface area contributed by atoms with Gasteiger partial charge in [0, 0.05) is 9.75 Å². The Hall–Kier alpha value is -1.36. The van der Waals surface area contributed by atoms with Gasteiger partial charge in [-0.1, -0.05) is 29.8 Å². The van der Waals surface area contributed by atoms with Crippen molar-refractivity contribution in [3.05, 3.63) is 73.8 Å². The summed E-state index contributed by atoms with van der Waals surface area (Å²) in [4.78, 5) is 2.26. The van der Waals surface area contributed by atoms with Crippen molar-refractivity contribution in [3.63, 3.8) is 0 Å². The summed E-state index contributed by atoms with van der Waals surface area (Å²) in [5, 5.41) is 7.65. The quantitative estimate of drug-likeness (QED) is 0.639. The van der Waals surface area contributed by atoms with E-state index in [4.69, 9.17) is 11.6 Å². The molecule has 0 aliphatic carbocycles. The molecule has 0 aliphatic heterocycles. The van der Waals surface area contributed by atoms with E-state index >= 15 is 0 Å². The van der Waals surface area contributed by atoms with Crippen molar-refractivity contribution in [1.29, 1.82) is 0 Å². The molecule has 0 fully saturated rings. The molecule has 0 bridgehead atoms. The van der Waals surface area contributed by atoms with E-state index < -0.39 is 0 Å². The molecule has 0 atom stereocenters. The summed E-state index contributed by atoms with van der Waals surface area (Å²) in [5.74, 6) is -0.337. The molecule has 0 saturated carbocycles. The average molecular weight is 324 g/mol. The smallest absolute Gasteiger partial charge is 0.147 e. The van der Waals surface area contributed by atoms with Crippen molar-refractivity contribution in [2.75, 3.05) is 5.32 Å². The van der Waals surface area contributed by atoms with Crippen LogP contribution in [-0.4, -0.2) is 0 Å². The summed E-state index contributed by atoms with van der Waals surface area (Å²) >= 11 is 9.38. The summed E-state index contributed by atoms with van der Waals surface area (Å²) in [6.07, 6.45) is 0. The molecule has 1 aromatic carbocycles. The summed E-state index contributed by atoms with van der Waals surface area (Å²) in [6.45, 7) is 0. The first-order valence-electron chi connectivity index (χ1n) is 6.03. The monoisotopic (exact) mass is 323 g/mol. The van der Waals surface area contributed by atoms with Crippen LogP contribution < -0.4 is 5.32 Å². The number of anilines is 1. The fraction of sp³-hybridized carbons (Fsp3) is 0.0667. The molecule has 2 heterocycles. The molecule has 0 amide bonds. The standard InChI is InChI=1S/C15H11ClFNS2/c16-10-4-1-5-11(17)14(10)18-15(12-6-2-8-19-12)13-7-3-9-20-13/h1-9,15,18H. The first-order valence-corrected chi connectivity index (χ1v) is 8.17. The van der Waals surface area contributed by atoms with E-state index in [9.17, 15) is 4.39 Å². The number of halogens is 2. The Labute approximate surface area is 129 Å². The van der Waals surface area contributed by atoms with Gasteiger partial charge < -0.3 is 5.32 Å². The van der Waals surface area contributed by atoms with Crippen LogP contribution >= 0.6 is 34.3 Å². The molecule has 0 spiro atoms. The lowest BCUT2D eigenvalue weighted by Gasteiger charge is -2.19. The molecule has 3 rings (SSSR count). The third-order valence-electron chi connectivity index (χ3n) is 2.91. The predicted molar refractivity (Wildman–Crippen MR) is 85.5 cm³/mol. The second-order valence-corrected chi connectivity index (χ2v) is 6.57. The van der Waals surface area contributed by atoms with E-state index in [2.05, 4.69) is 5.32 Å². The van der Waals surface area contributed by atoms with E-state index in [-0.39, 0.29) is 11.9 Å². The molecule has 0 aliphatic rings. The Kier molecular flexibility index (Phi) is 4.05. The van der Waals surface area contributed by atoms with E-state index in [0.29, 0.717) is 10.7 Å². The van der Waals surface area contributed by atoms with Crippen LogP contribution in [0, 0.1) is 5.82 Å². The van der Waals surface area contributed by atoms with Crippen LogP contribution in [0.1, 0.15) is 15.8 Å². The number of para-hydroxylation sites is 1. The zero-order valence-electron chi connectivity index (χ0n) is 10.3. The fourth-order valence-electron chi connectivity index (χ4n) is 1.97. The van der Waals surface area contributed by atoms with Crippen LogP contribution in [0.2, 0.25) is 5.02 Å². The third kappa shape index (κ3) is 2.73. The van der Waals surface area contributed by atoms with Crippen LogP contribution in [0.15, 0.2) is 53.2 Å². The molecule has 1 nitrogen and oxygen atoms in total. The zero-order chi connectivity index (χ0) is 13.9. The topological polar surface area (TPSA) is 12.0 Å². The van der Waals surface area contributed by atoms with Gasteiger partial charge in [-0.05, 0) is 35.0 Å². The SMILES string of the molecule is Fc1cccc(Cl)c1NC(c1cccs1)c1cccs1. The highest BCUT2D eigenvalue weighted by Crippen LogP contribution is 2.35. The average Bonchev–Trinajstić information content (AvgIpc) is 3.12. The molecule has 2 aromatic heterocycles. The van der Waals surface area contributed by atoms with Gasteiger partial charge in [-0.3, -0.25) is 0 Å². The van der Waals surface area contributed by atoms with E-state index in [1.165, 1.54) is 6.07 Å². The van der Waals surface area contributed by atoms with Crippen LogP contribution in [0.3, 0.4) is 0 Å².